The van der Waals surface area contributed by atoms with Gasteiger partial charge < -0.3 is 14.9 Å². The number of nitriles is 1. The fraction of sp³-hybridized carbons (Fsp3) is 0.862. The summed E-state index contributed by atoms with van der Waals surface area (Å²) in [5.74, 6) is 2.98. The zero-order chi connectivity index (χ0) is 25.3. The van der Waals surface area contributed by atoms with Crippen molar-refractivity contribution in [2.45, 2.75) is 97.1 Å². The maximum Gasteiger partial charge on any atom is 0.102 e. The molecule has 0 saturated heterocycles. The Morgan fingerprint density at radius 3 is 2.71 bits per heavy atom. The van der Waals surface area contributed by atoms with Crippen molar-refractivity contribution in [3.63, 3.8) is 0 Å². The molecule has 1 heterocycles. The monoisotopic (exact) mass is 485 g/mol. The third-order valence-electron chi connectivity index (χ3n) is 11.0. The molecule has 0 unspecified atom stereocenters. The molecule has 4 rings (SSSR count). The van der Waals surface area contributed by atoms with Gasteiger partial charge in [0.1, 0.15) is 6.07 Å². The zero-order valence-electron chi connectivity index (χ0n) is 22.4. The summed E-state index contributed by atoms with van der Waals surface area (Å²) in [5, 5.41) is 35.0. The largest absolute Gasteiger partial charge is 0.396 e. The van der Waals surface area contributed by atoms with E-state index in [1.165, 1.54) is 38.5 Å². The van der Waals surface area contributed by atoms with Crippen molar-refractivity contribution in [2.75, 3.05) is 20.3 Å². The van der Waals surface area contributed by atoms with E-state index in [0.29, 0.717) is 41.2 Å². The number of nitrogens with zero attached hydrogens (tertiary/aromatic N) is 3. The maximum atomic E-state index is 11.8. The molecule has 1 aromatic heterocycles. The Balaban J connectivity index is 1.57. The van der Waals surface area contributed by atoms with Gasteiger partial charge in [0.2, 0.25) is 0 Å². The van der Waals surface area contributed by atoms with Gasteiger partial charge in [-0.15, -0.1) is 0 Å². The minimum atomic E-state index is -0.858. The molecule has 0 radical (unpaired) electrons. The zero-order valence-corrected chi connectivity index (χ0v) is 22.4. The van der Waals surface area contributed by atoms with Gasteiger partial charge in [0.15, 0.2) is 0 Å². The minimum Gasteiger partial charge on any atom is -0.396 e. The topological polar surface area (TPSA) is 91.3 Å². The molecule has 6 nitrogen and oxygen atoms in total. The van der Waals surface area contributed by atoms with Crippen molar-refractivity contribution in [2.24, 2.45) is 40.4 Å². The van der Waals surface area contributed by atoms with Crippen molar-refractivity contribution in [3.05, 3.63) is 18.0 Å². The second-order valence-electron chi connectivity index (χ2n) is 12.4. The lowest BCUT2D eigenvalue weighted by molar-refractivity contribution is -0.140. The third-order valence-corrected chi connectivity index (χ3v) is 11.0. The highest BCUT2D eigenvalue weighted by atomic mass is 16.5. The SMILES string of the molecule is CC[C@]1(CCCO)[C@@H](CCOC)CC[C@H]2[C@@H]3CC[C@H]([C@@](C)(O)Cn4cc(C#N)cn4)[C@@]3(C)CC[C@@H]21. The van der Waals surface area contributed by atoms with E-state index in [2.05, 4.69) is 25.0 Å². The van der Waals surface area contributed by atoms with Gasteiger partial charge in [0.25, 0.3) is 0 Å². The van der Waals surface area contributed by atoms with Crippen LogP contribution in [0.25, 0.3) is 0 Å². The highest BCUT2D eigenvalue weighted by Crippen LogP contribution is 2.68. The quantitative estimate of drug-likeness (QED) is 0.476. The molecular weight excluding hydrogens is 438 g/mol. The molecule has 1 aromatic rings. The highest BCUT2D eigenvalue weighted by molar-refractivity contribution is 5.22. The second kappa shape index (κ2) is 10.5. The van der Waals surface area contributed by atoms with E-state index < -0.39 is 5.60 Å². The number of hydrogen-bond donors (Lipinski definition) is 2. The van der Waals surface area contributed by atoms with Crippen molar-refractivity contribution in [1.29, 1.82) is 5.26 Å². The van der Waals surface area contributed by atoms with Crippen LogP contribution in [0, 0.1) is 51.8 Å². The average Bonchev–Trinajstić information content (AvgIpc) is 3.44. The van der Waals surface area contributed by atoms with E-state index in [4.69, 9.17) is 10.00 Å². The molecule has 8 atom stereocenters. The first-order valence-electron chi connectivity index (χ1n) is 14.0. The number of aliphatic hydroxyl groups excluding tert-OH is 1. The molecule has 3 aliphatic rings. The van der Waals surface area contributed by atoms with Crippen LogP contribution < -0.4 is 0 Å². The lowest BCUT2D eigenvalue weighted by Crippen LogP contribution is -2.55. The maximum absolute atomic E-state index is 11.8. The number of fused-ring (bicyclic) bond motifs is 3. The summed E-state index contributed by atoms with van der Waals surface area (Å²) in [5.41, 5.74) is 0.116. The summed E-state index contributed by atoms with van der Waals surface area (Å²) < 4.78 is 7.26. The van der Waals surface area contributed by atoms with Crippen molar-refractivity contribution in [1.82, 2.24) is 9.78 Å². The van der Waals surface area contributed by atoms with E-state index in [9.17, 15) is 10.2 Å². The van der Waals surface area contributed by atoms with Gasteiger partial charge in [-0.2, -0.15) is 10.4 Å². The fourth-order valence-electron chi connectivity index (χ4n) is 9.57. The molecule has 0 amide bonds. The van der Waals surface area contributed by atoms with Gasteiger partial charge in [-0.1, -0.05) is 13.8 Å². The molecule has 3 aliphatic carbocycles. The number of hydrogen-bond acceptors (Lipinski definition) is 5. The van der Waals surface area contributed by atoms with Crippen molar-refractivity contribution >= 4 is 0 Å². The van der Waals surface area contributed by atoms with Crippen LogP contribution in [-0.2, 0) is 11.3 Å². The Morgan fingerprint density at radius 2 is 2.06 bits per heavy atom. The van der Waals surface area contributed by atoms with Crippen LogP contribution in [0.2, 0.25) is 0 Å². The summed E-state index contributed by atoms with van der Waals surface area (Å²) >= 11 is 0. The Hall–Kier alpha value is -1.42. The van der Waals surface area contributed by atoms with Crippen LogP contribution in [0.4, 0.5) is 0 Å². The molecule has 3 fully saturated rings. The van der Waals surface area contributed by atoms with Crippen molar-refractivity contribution < 1.29 is 14.9 Å². The summed E-state index contributed by atoms with van der Waals surface area (Å²) in [6.07, 6.45) is 14.9. The minimum absolute atomic E-state index is 0.131. The molecule has 2 N–H and O–H groups in total. The molecule has 0 aromatic carbocycles. The van der Waals surface area contributed by atoms with Crippen LogP contribution >= 0.6 is 0 Å². The number of aliphatic hydroxyl groups is 2. The molecule has 0 bridgehead atoms. The summed E-state index contributed by atoms with van der Waals surface area (Å²) in [4.78, 5) is 0. The van der Waals surface area contributed by atoms with Crippen LogP contribution in [0.15, 0.2) is 12.4 Å². The first kappa shape index (κ1) is 26.6. The Bertz CT molecular complexity index is 892. The number of ether oxygens (including phenoxy) is 1. The first-order chi connectivity index (χ1) is 16.8. The molecule has 35 heavy (non-hydrogen) atoms. The first-order valence-corrected chi connectivity index (χ1v) is 14.0. The number of methoxy groups -OCH3 is 1. The summed E-state index contributed by atoms with van der Waals surface area (Å²) in [6, 6.07) is 2.14. The normalized spacial score (nSPS) is 38.4. The van der Waals surface area contributed by atoms with Crippen molar-refractivity contribution in [3.8, 4) is 6.07 Å². The Labute approximate surface area is 212 Å². The lowest BCUT2D eigenvalue weighted by atomic mass is 9.44. The van der Waals surface area contributed by atoms with E-state index >= 15 is 0 Å². The number of rotatable bonds is 10. The summed E-state index contributed by atoms with van der Waals surface area (Å²) in [6.45, 7) is 8.38. The van der Waals surface area contributed by atoms with E-state index in [0.717, 1.165) is 32.3 Å². The van der Waals surface area contributed by atoms with Gasteiger partial charge in [-0.3, -0.25) is 4.68 Å². The second-order valence-corrected chi connectivity index (χ2v) is 12.4. The fourth-order valence-corrected chi connectivity index (χ4v) is 9.57. The molecule has 0 spiro atoms. The molecular formula is C29H47N3O3. The van der Waals surface area contributed by atoms with Gasteiger partial charge in [0.05, 0.1) is 23.9 Å². The predicted octanol–water partition coefficient (Wildman–Crippen LogP) is 5.18. The van der Waals surface area contributed by atoms with Gasteiger partial charge in [-0.05, 0) is 112 Å². The summed E-state index contributed by atoms with van der Waals surface area (Å²) in [7, 11) is 1.81. The van der Waals surface area contributed by atoms with Gasteiger partial charge in [0, 0.05) is 26.5 Å². The van der Waals surface area contributed by atoms with Crippen LogP contribution in [0.3, 0.4) is 0 Å². The Kier molecular flexibility index (Phi) is 8.01. The van der Waals surface area contributed by atoms with Crippen LogP contribution in [0.1, 0.15) is 90.5 Å². The predicted molar refractivity (Wildman–Crippen MR) is 136 cm³/mol. The van der Waals surface area contributed by atoms with E-state index in [1.807, 2.05) is 14.0 Å². The van der Waals surface area contributed by atoms with E-state index in [1.54, 1.807) is 17.1 Å². The van der Waals surface area contributed by atoms with E-state index in [-0.39, 0.29) is 17.9 Å². The molecule has 3 saturated carbocycles. The lowest BCUT2D eigenvalue weighted by Gasteiger charge is -2.61. The van der Waals surface area contributed by atoms with Crippen LogP contribution in [0.5, 0.6) is 0 Å². The standard InChI is InChI=1S/C29H47N3O3/c1-5-29(13-6-15-33)22(12-16-35-4)7-8-23-24-9-10-26(27(24,2)14-11-25(23)29)28(3,34)20-32-19-21(17-30)18-31-32/h18-19,22-26,33-34H,5-16,20H2,1-4H3/t22-,23+,24+,25+,26+,27+,28+,29+/m1/s1. The molecule has 6 heteroatoms. The smallest absolute Gasteiger partial charge is 0.102 e. The average molecular weight is 486 g/mol. The molecule has 196 valence electrons. The Morgan fingerprint density at radius 1 is 1.26 bits per heavy atom. The van der Waals surface area contributed by atoms with Gasteiger partial charge in [-0.25, -0.2) is 0 Å². The van der Waals surface area contributed by atoms with Crippen LogP contribution in [-0.4, -0.2) is 45.9 Å². The number of aromatic nitrogens is 2. The molecule has 0 aliphatic heterocycles. The van der Waals surface area contributed by atoms with Gasteiger partial charge >= 0.3 is 0 Å². The third kappa shape index (κ3) is 4.69. The highest BCUT2D eigenvalue weighted by Gasteiger charge is 2.62.